The summed E-state index contributed by atoms with van der Waals surface area (Å²) < 4.78 is 0. The van der Waals surface area contributed by atoms with E-state index in [0.29, 0.717) is 0 Å². The minimum Gasteiger partial charge on any atom is -0.303 e. The van der Waals surface area contributed by atoms with Gasteiger partial charge in [0.05, 0.1) is 0 Å². The van der Waals surface area contributed by atoms with Gasteiger partial charge in [0.15, 0.2) is 0 Å². The Labute approximate surface area is 466 Å². The zero-order valence-electron chi connectivity index (χ0n) is 52.3. The first kappa shape index (κ1) is 72.9. The average molecular weight is 1030 g/mol. The summed E-state index contributed by atoms with van der Waals surface area (Å²) in [5.41, 5.74) is 0. The Hall–Kier alpha value is -0.0800. The maximum atomic E-state index is 2.93. The van der Waals surface area contributed by atoms with Crippen molar-refractivity contribution in [2.75, 3.05) is 39.3 Å². The molecule has 2 heteroatoms. The van der Waals surface area contributed by atoms with Crippen LogP contribution in [0.3, 0.4) is 0 Å². The summed E-state index contributed by atoms with van der Waals surface area (Å²) >= 11 is 0. The van der Waals surface area contributed by atoms with Gasteiger partial charge in [0.2, 0.25) is 0 Å². The van der Waals surface area contributed by atoms with Crippen LogP contribution in [0.2, 0.25) is 0 Å². The summed E-state index contributed by atoms with van der Waals surface area (Å²) in [6, 6.07) is 0. The van der Waals surface area contributed by atoms with Crippen LogP contribution in [-0.4, -0.2) is 49.1 Å². The lowest BCUT2D eigenvalue weighted by Gasteiger charge is -2.26. The molecule has 0 aromatic carbocycles. The highest BCUT2D eigenvalue weighted by molar-refractivity contribution is 4.66. The molecular weight excluding hydrogens is 881 g/mol. The Kier molecular flexibility index (Phi) is 68.0. The molecule has 440 valence electrons. The van der Waals surface area contributed by atoms with E-state index in [1.54, 1.807) is 0 Å². The van der Waals surface area contributed by atoms with Gasteiger partial charge in [0.1, 0.15) is 0 Å². The van der Waals surface area contributed by atoms with Gasteiger partial charge >= 0.3 is 0 Å². The summed E-state index contributed by atoms with van der Waals surface area (Å²) in [5, 5.41) is 0. The molecular formula is C71H146N2. The Morgan fingerprint density at radius 3 is 0.329 bits per heavy atom. The lowest BCUT2D eigenvalue weighted by Crippen LogP contribution is -2.32. The standard InChI is InChI=1S/C71H146N2/c1-5-9-13-17-21-25-29-33-37-41-45-49-53-57-61-66-72(67-62-58-54-50-46-42-38-34-30-26-22-18-14-10-6-2)70-65-71-73(68-63-59-55-51-47-43-39-35-31-27-23-19-15-11-7-3)69-64-60-56-52-48-44-40-36-32-28-24-20-16-12-8-4/h5-71H2,1-4H3. The second-order valence-corrected chi connectivity index (χ2v) is 24.8. The van der Waals surface area contributed by atoms with Crippen molar-refractivity contribution in [2.24, 2.45) is 0 Å². The summed E-state index contributed by atoms with van der Waals surface area (Å²) in [6.07, 6.45) is 89.2. The maximum absolute atomic E-state index is 2.93. The van der Waals surface area contributed by atoms with Gasteiger partial charge < -0.3 is 9.80 Å². The van der Waals surface area contributed by atoms with E-state index < -0.39 is 0 Å². The third kappa shape index (κ3) is 64.3. The lowest BCUT2D eigenvalue weighted by atomic mass is 10.0. The van der Waals surface area contributed by atoms with Gasteiger partial charge in [-0.25, -0.2) is 0 Å². The predicted molar refractivity (Wildman–Crippen MR) is 337 cm³/mol. The van der Waals surface area contributed by atoms with Crippen molar-refractivity contribution in [3.8, 4) is 0 Å². The van der Waals surface area contributed by atoms with Crippen molar-refractivity contribution in [3.05, 3.63) is 0 Å². The SMILES string of the molecule is CCCCCCCCCCCCCCCCCN(CCCCCCCCCCCCCCCCC)CCCN(CCCCCCCCCCCCCCCCC)CCCCCCCCCCCCCCCCC. The van der Waals surface area contributed by atoms with Crippen LogP contribution >= 0.6 is 0 Å². The maximum Gasteiger partial charge on any atom is -0.000655 e. The molecule has 0 rings (SSSR count). The molecule has 0 atom stereocenters. The molecule has 0 N–H and O–H groups in total. The fourth-order valence-electron chi connectivity index (χ4n) is 12.0. The molecule has 0 fully saturated rings. The van der Waals surface area contributed by atoms with Crippen LogP contribution in [0.4, 0.5) is 0 Å². The molecule has 0 saturated heterocycles. The summed E-state index contributed by atoms with van der Waals surface area (Å²) in [6.45, 7) is 17.4. The highest BCUT2D eigenvalue weighted by Crippen LogP contribution is 2.19. The number of hydrogen-bond acceptors (Lipinski definition) is 2. The molecule has 2 nitrogen and oxygen atoms in total. The second-order valence-electron chi connectivity index (χ2n) is 24.8. The zero-order valence-corrected chi connectivity index (χ0v) is 52.3. The molecule has 0 bridgehead atoms. The van der Waals surface area contributed by atoms with Gasteiger partial charge in [0, 0.05) is 0 Å². The summed E-state index contributed by atoms with van der Waals surface area (Å²) in [5.74, 6) is 0. The van der Waals surface area contributed by atoms with Crippen LogP contribution in [0.5, 0.6) is 0 Å². The monoisotopic (exact) mass is 1030 g/mol. The van der Waals surface area contributed by atoms with Gasteiger partial charge in [-0.3, -0.25) is 0 Å². The summed E-state index contributed by atoms with van der Waals surface area (Å²) in [4.78, 5) is 5.87. The van der Waals surface area contributed by atoms with E-state index in [1.165, 1.54) is 431 Å². The third-order valence-corrected chi connectivity index (χ3v) is 17.3. The molecule has 73 heavy (non-hydrogen) atoms. The van der Waals surface area contributed by atoms with Gasteiger partial charge in [-0.2, -0.15) is 0 Å². The Bertz CT molecular complexity index is 777. The number of nitrogens with zero attached hydrogens (tertiary/aromatic N) is 2. The van der Waals surface area contributed by atoms with Crippen molar-refractivity contribution in [1.29, 1.82) is 0 Å². The highest BCUT2D eigenvalue weighted by atomic mass is 15.1. The molecule has 0 aliphatic rings. The van der Waals surface area contributed by atoms with Gasteiger partial charge in [-0.1, -0.05) is 387 Å². The quantitative estimate of drug-likeness (QED) is 0.0560. The molecule has 0 unspecified atom stereocenters. The number of rotatable bonds is 68. The van der Waals surface area contributed by atoms with Gasteiger partial charge in [-0.15, -0.1) is 0 Å². The van der Waals surface area contributed by atoms with E-state index in [9.17, 15) is 0 Å². The third-order valence-electron chi connectivity index (χ3n) is 17.3. The molecule has 0 aliphatic carbocycles. The largest absolute Gasteiger partial charge is 0.303 e. The van der Waals surface area contributed by atoms with E-state index in [1.807, 2.05) is 0 Å². The molecule has 0 radical (unpaired) electrons. The normalized spacial score (nSPS) is 11.9. The first-order valence-electron chi connectivity index (χ1n) is 35.7. The van der Waals surface area contributed by atoms with Crippen LogP contribution in [-0.2, 0) is 0 Å². The van der Waals surface area contributed by atoms with Crippen LogP contribution in [0.15, 0.2) is 0 Å². The molecule has 0 aromatic heterocycles. The van der Waals surface area contributed by atoms with Crippen LogP contribution in [0.25, 0.3) is 0 Å². The minimum atomic E-state index is 1.34. The molecule has 0 heterocycles. The Morgan fingerprint density at radius 1 is 0.110 bits per heavy atom. The summed E-state index contributed by atoms with van der Waals surface area (Å²) in [7, 11) is 0. The van der Waals surface area contributed by atoms with E-state index in [2.05, 4.69) is 37.5 Å². The topological polar surface area (TPSA) is 6.48 Å². The molecule has 0 aliphatic heterocycles. The predicted octanol–water partition coefficient (Wildman–Crippen LogP) is 25.5. The van der Waals surface area contributed by atoms with Crippen LogP contribution in [0, 0.1) is 0 Å². The molecule has 0 spiro atoms. The van der Waals surface area contributed by atoms with Crippen molar-refractivity contribution in [3.63, 3.8) is 0 Å². The van der Waals surface area contributed by atoms with Crippen molar-refractivity contribution < 1.29 is 0 Å². The first-order valence-corrected chi connectivity index (χ1v) is 35.7. The second kappa shape index (κ2) is 68.0. The van der Waals surface area contributed by atoms with Gasteiger partial charge in [0.25, 0.3) is 0 Å². The average Bonchev–Trinajstić information content (AvgIpc) is 3.40. The smallest absolute Gasteiger partial charge is 0.000655 e. The first-order chi connectivity index (χ1) is 36.3. The zero-order chi connectivity index (χ0) is 52.5. The molecule has 0 aromatic rings. The number of hydrogen-bond donors (Lipinski definition) is 0. The minimum absolute atomic E-state index is 1.34. The molecule has 0 saturated carbocycles. The highest BCUT2D eigenvalue weighted by Gasteiger charge is 2.10. The van der Waals surface area contributed by atoms with E-state index in [0.717, 1.165) is 0 Å². The van der Waals surface area contributed by atoms with Crippen molar-refractivity contribution in [1.82, 2.24) is 9.80 Å². The van der Waals surface area contributed by atoms with Crippen LogP contribution in [0.1, 0.15) is 419 Å². The van der Waals surface area contributed by atoms with Crippen molar-refractivity contribution in [2.45, 2.75) is 419 Å². The van der Waals surface area contributed by atoms with E-state index in [4.69, 9.17) is 0 Å². The fourth-order valence-corrected chi connectivity index (χ4v) is 12.0. The van der Waals surface area contributed by atoms with Crippen LogP contribution < -0.4 is 0 Å². The number of unbranched alkanes of at least 4 members (excludes halogenated alkanes) is 56. The van der Waals surface area contributed by atoms with Gasteiger partial charge in [-0.05, 0) is 71.4 Å². The fraction of sp³-hybridized carbons (Fsp3) is 1.00. The van der Waals surface area contributed by atoms with Crippen molar-refractivity contribution >= 4 is 0 Å². The Morgan fingerprint density at radius 2 is 0.205 bits per heavy atom. The van der Waals surface area contributed by atoms with E-state index in [-0.39, 0.29) is 0 Å². The van der Waals surface area contributed by atoms with E-state index >= 15 is 0 Å². The lowest BCUT2D eigenvalue weighted by molar-refractivity contribution is 0.215. The Balaban J connectivity index is 4.77. The molecule has 0 amide bonds.